The van der Waals surface area contributed by atoms with E-state index in [1.165, 1.54) is 12.8 Å². The van der Waals surface area contributed by atoms with E-state index in [1.807, 2.05) is 0 Å². The number of nitrogens with zero attached hydrogens (tertiary/aromatic N) is 1. The first-order valence-corrected chi connectivity index (χ1v) is 15.7. The highest BCUT2D eigenvalue weighted by molar-refractivity contribution is 6.01. The summed E-state index contributed by atoms with van der Waals surface area (Å²) in [5.41, 5.74) is -0.670. The maximum atomic E-state index is 12.5. The van der Waals surface area contributed by atoms with Gasteiger partial charge in [-0.05, 0) is 71.1 Å². The van der Waals surface area contributed by atoms with Crippen LogP contribution in [0.15, 0.2) is 4.99 Å². The first kappa shape index (κ1) is 34.1. The number of hydrogen-bond donors (Lipinski definition) is 4. The number of aliphatic imine (C=N–C) groups is 1. The monoisotopic (exact) mass is 607 g/mol. The van der Waals surface area contributed by atoms with Gasteiger partial charge in [-0.2, -0.15) is 0 Å². The Bertz CT molecular complexity index is 961. The molecule has 4 amide bonds. The molecule has 2 atom stereocenters. The van der Waals surface area contributed by atoms with Crippen LogP contribution in [0.5, 0.6) is 0 Å². The number of amides is 4. The third-order valence-electron chi connectivity index (χ3n) is 7.88. The van der Waals surface area contributed by atoms with E-state index < -0.39 is 41.6 Å². The number of ether oxygens (including phenoxy) is 3. The van der Waals surface area contributed by atoms with Crippen molar-refractivity contribution in [2.75, 3.05) is 26.3 Å². The van der Waals surface area contributed by atoms with Gasteiger partial charge in [0.25, 0.3) is 0 Å². The van der Waals surface area contributed by atoms with E-state index in [9.17, 15) is 24.0 Å². The SMILES string of the molecule is CC(C)(C)OC(=O)CNC(=O)C1NC(=O)[C@@H]1CCCN=C(NC(=O)OCC1CCCCC1)NC(=O)OCC1CCCCC1. The molecule has 0 spiro atoms. The van der Waals surface area contributed by atoms with Crippen LogP contribution in [0.4, 0.5) is 9.59 Å². The Labute approximate surface area is 254 Å². The summed E-state index contributed by atoms with van der Waals surface area (Å²) >= 11 is 0. The molecule has 1 unspecified atom stereocenters. The Kier molecular flexibility index (Phi) is 13.5. The average molecular weight is 608 g/mol. The Balaban J connectivity index is 1.47. The summed E-state index contributed by atoms with van der Waals surface area (Å²) in [5.74, 6) is -1.32. The van der Waals surface area contributed by atoms with Crippen LogP contribution >= 0.6 is 0 Å². The van der Waals surface area contributed by atoms with Crippen molar-refractivity contribution in [1.82, 2.24) is 21.3 Å². The summed E-state index contributed by atoms with van der Waals surface area (Å²) < 4.78 is 16.0. The molecule has 0 aromatic rings. The number of hydrogen-bond acceptors (Lipinski definition) is 9. The first-order valence-electron chi connectivity index (χ1n) is 15.7. The van der Waals surface area contributed by atoms with Gasteiger partial charge in [0.15, 0.2) is 0 Å². The number of alkyl carbamates (subject to hydrolysis) is 2. The smallest absolute Gasteiger partial charge is 0.413 e. The maximum absolute atomic E-state index is 12.5. The van der Waals surface area contributed by atoms with Crippen molar-refractivity contribution in [3.05, 3.63) is 0 Å². The summed E-state index contributed by atoms with van der Waals surface area (Å²) in [6.07, 6.45) is 10.3. The lowest BCUT2D eigenvalue weighted by atomic mass is 9.86. The zero-order chi connectivity index (χ0) is 31.2. The van der Waals surface area contributed by atoms with E-state index >= 15 is 0 Å². The van der Waals surface area contributed by atoms with Crippen molar-refractivity contribution in [3.8, 4) is 0 Å². The molecular formula is C30H49N5O8. The van der Waals surface area contributed by atoms with Crippen molar-refractivity contribution in [1.29, 1.82) is 0 Å². The van der Waals surface area contributed by atoms with Crippen LogP contribution in [-0.4, -0.2) is 73.9 Å². The fraction of sp³-hybridized carbons (Fsp3) is 0.800. The third kappa shape index (κ3) is 12.8. The molecule has 4 N–H and O–H groups in total. The van der Waals surface area contributed by atoms with Crippen LogP contribution in [0.25, 0.3) is 0 Å². The van der Waals surface area contributed by atoms with Gasteiger partial charge in [-0.25, -0.2) is 9.59 Å². The number of esters is 1. The van der Waals surface area contributed by atoms with E-state index in [4.69, 9.17) is 14.2 Å². The van der Waals surface area contributed by atoms with E-state index in [-0.39, 0.29) is 25.0 Å². The van der Waals surface area contributed by atoms with Gasteiger partial charge in [-0.1, -0.05) is 38.5 Å². The van der Waals surface area contributed by atoms with Crippen LogP contribution in [0.3, 0.4) is 0 Å². The Hall–Kier alpha value is -3.38. The highest BCUT2D eigenvalue weighted by Crippen LogP contribution is 2.25. The van der Waals surface area contributed by atoms with Gasteiger partial charge in [0, 0.05) is 6.54 Å². The Morgan fingerprint density at radius 3 is 1.88 bits per heavy atom. The summed E-state index contributed by atoms with van der Waals surface area (Å²) in [5, 5.41) is 10.1. The van der Waals surface area contributed by atoms with Crippen LogP contribution < -0.4 is 21.3 Å². The lowest BCUT2D eigenvalue weighted by molar-refractivity contribution is -0.155. The minimum absolute atomic E-state index is 0.0907. The molecule has 13 nitrogen and oxygen atoms in total. The Morgan fingerprint density at radius 2 is 1.40 bits per heavy atom. The maximum Gasteiger partial charge on any atom is 0.413 e. The van der Waals surface area contributed by atoms with Crippen molar-refractivity contribution in [2.45, 2.75) is 109 Å². The molecule has 1 aliphatic heterocycles. The number of β-lactam (4-membered cyclic amide) rings is 1. The molecule has 3 aliphatic rings. The van der Waals surface area contributed by atoms with Crippen LogP contribution in [-0.2, 0) is 28.6 Å². The normalized spacial score (nSPS) is 21.0. The lowest BCUT2D eigenvalue weighted by Crippen LogP contribution is -2.64. The van der Waals surface area contributed by atoms with Crippen LogP contribution in [0.2, 0.25) is 0 Å². The Morgan fingerprint density at radius 1 is 0.860 bits per heavy atom. The van der Waals surface area contributed by atoms with Crippen LogP contribution in [0, 0.1) is 17.8 Å². The highest BCUT2D eigenvalue weighted by Gasteiger charge is 2.43. The summed E-state index contributed by atoms with van der Waals surface area (Å²) in [6.45, 7) is 5.67. The summed E-state index contributed by atoms with van der Waals surface area (Å²) in [4.78, 5) is 65.8. The third-order valence-corrected chi connectivity index (χ3v) is 7.88. The van der Waals surface area contributed by atoms with Crippen LogP contribution in [0.1, 0.15) is 97.8 Å². The molecule has 0 aromatic carbocycles. The summed E-state index contributed by atoms with van der Waals surface area (Å²) in [7, 11) is 0. The number of carbonyl (C=O) groups is 5. The second kappa shape index (κ2) is 17.0. The number of nitrogens with one attached hydrogen (secondary N) is 4. The molecule has 43 heavy (non-hydrogen) atoms. The van der Waals surface area contributed by atoms with Crippen molar-refractivity contribution in [3.63, 3.8) is 0 Å². The molecule has 0 aromatic heterocycles. The molecule has 2 saturated carbocycles. The molecule has 0 radical (unpaired) electrons. The molecule has 242 valence electrons. The lowest BCUT2D eigenvalue weighted by Gasteiger charge is -2.35. The van der Waals surface area contributed by atoms with Crippen molar-refractivity contribution >= 4 is 35.9 Å². The highest BCUT2D eigenvalue weighted by atomic mass is 16.6. The molecule has 3 fully saturated rings. The van der Waals surface area contributed by atoms with Gasteiger partial charge < -0.3 is 24.8 Å². The van der Waals surface area contributed by atoms with E-state index in [2.05, 4.69) is 26.3 Å². The molecule has 1 saturated heterocycles. The molecule has 3 rings (SSSR count). The van der Waals surface area contributed by atoms with Gasteiger partial charge in [0.05, 0.1) is 19.1 Å². The minimum atomic E-state index is -0.765. The number of rotatable bonds is 11. The minimum Gasteiger partial charge on any atom is -0.459 e. The van der Waals surface area contributed by atoms with Gasteiger partial charge >= 0.3 is 18.2 Å². The quantitative estimate of drug-likeness (QED) is 0.0691. The van der Waals surface area contributed by atoms with Gasteiger partial charge in [0.2, 0.25) is 17.8 Å². The number of guanidine groups is 1. The van der Waals surface area contributed by atoms with Gasteiger partial charge in [-0.3, -0.25) is 30.0 Å². The zero-order valence-electron chi connectivity index (χ0n) is 25.8. The van der Waals surface area contributed by atoms with Crippen molar-refractivity contribution in [2.24, 2.45) is 22.7 Å². The average Bonchev–Trinajstić information content (AvgIpc) is 2.96. The molecule has 0 bridgehead atoms. The van der Waals surface area contributed by atoms with Gasteiger partial charge in [0.1, 0.15) is 18.2 Å². The van der Waals surface area contributed by atoms with Crippen molar-refractivity contribution < 1.29 is 38.2 Å². The van der Waals surface area contributed by atoms with E-state index in [1.54, 1.807) is 20.8 Å². The standard InChI is InChI=1S/C30H49N5O8/c1-30(2,3)43-23(36)17-32-26(38)24-22(25(37)33-24)15-10-16-31-27(34-28(39)41-18-20-11-6-4-7-12-20)35-29(40)42-19-21-13-8-5-9-14-21/h20-22,24H,4-19H2,1-3H3,(H,32,38)(H,33,37)(H2,31,34,35,39,40)/t22-,24?/m1/s1. The zero-order valence-corrected chi connectivity index (χ0v) is 25.8. The van der Waals surface area contributed by atoms with Gasteiger partial charge in [-0.15, -0.1) is 0 Å². The fourth-order valence-corrected chi connectivity index (χ4v) is 5.58. The predicted molar refractivity (Wildman–Crippen MR) is 158 cm³/mol. The molecule has 13 heteroatoms. The molecule has 2 aliphatic carbocycles. The second-order valence-electron chi connectivity index (χ2n) is 12.7. The predicted octanol–water partition coefficient (Wildman–Crippen LogP) is 3.31. The number of carbonyl (C=O) groups excluding carboxylic acids is 5. The first-order chi connectivity index (χ1) is 20.5. The molecule has 1 heterocycles. The molecular weight excluding hydrogens is 558 g/mol. The largest absolute Gasteiger partial charge is 0.459 e. The summed E-state index contributed by atoms with van der Waals surface area (Å²) in [6, 6.07) is -0.765. The second-order valence-corrected chi connectivity index (χ2v) is 12.7. The fourth-order valence-electron chi connectivity index (χ4n) is 5.58. The topological polar surface area (TPSA) is 174 Å². The van der Waals surface area contributed by atoms with E-state index in [0.29, 0.717) is 37.9 Å². The van der Waals surface area contributed by atoms with E-state index in [0.717, 1.165) is 51.4 Å².